The Labute approximate surface area is 240 Å². The minimum Gasteiger partial charge on any atom is -0.495 e. The molecule has 0 saturated heterocycles. The number of carboxylic acid groups (broad SMARTS) is 1. The van der Waals surface area contributed by atoms with Crippen molar-refractivity contribution in [3.8, 4) is 16.9 Å². The zero-order valence-corrected chi connectivity index (χ0v) is 22.9. The van der Waals surface area contributed by atoms with Crippen LogP contribution in [0, 0.1) is 5.82 Å². The monoisotopic (exact) mass is 576 g/mol. The quantitative estimate of drug-likeness (QED) is 0.223. The van der Waals surface area contributed by atoms with Gasteiger partial charge < -0.3 is 15.2 Å². The number of carbonyl (C=O) groups is 3. The zero-order valence-electron chi connectivity index (χ0n) is 22.2. The highest BCUT2D eigenvalue weighted by Gasteiger charge is 2.26. The Morgan fingerprint density at radius 1 is 1.05 bits per heavy atom. The minimum atomic E-state index is -1.11. The lowest BCUT2D eigenvalue weighted by atomic mass is 9.96. The van der Waals surface area contributed by atoms with Crippen LogP contribution >= 0.6 is 11.6 Å². The highest BCUT2D eigenvalue weighted by atomic mass is 35.5. The molecule has 210 valence electrons. The van der Waals surface area contributed by atoms with Crippen molar-refractivity contribution in [1.29, 1.82) is 0 Å². The van der Waals surface area contributed by atoms with Crippen LogP contribution < -0.4 is 15.6 Å². The van der Waals surface area contributed by atoms with Crippen LogP contribution in [0.25, 0.3) is 11.1 Å². The summed E-state index contributed by atoms with van der Waals surface area (Å²) in [6.45, 7) is 1.27. The smallest absolute Gasteiger partial charge is 0.335 e. The fourth-order valence-corrected chi connectivity index (χ4v) is 4.66. The first-order chi connectivity index (χ1) is 19.6. The molecule has 0 spiro atoms. The number of hydrogen-bond acceptors (Lipinski definition) is 5. The van der Waals surface area contributed by atoms with Crippen molar-refractivity contribution >= 4 is 34.9 Å². The first-order valence-corrected chi connectivity index (χ1v) is 13.0. The van der Waals surface area contributed by atoms with Gasteiger partial charge in [0, 0.05) is 28.4 Å². The molecule has 0 aliphatic rings. The molecule has 4 aromatic rings. The van der Waals surface area contributed by atoms with Gasteiger partial charge in [0.2, 0.25) is 5.91 Å². The summed E-state index contributed by atoms with van der Waals surface area (Å²) in [6, 6.07) is 17.7. The van der Waals surface area contributed by atoms with Gasteiger partial charge in [0.05, 0.1) is 23.9 Å². The number of aryl methyl sites for hydroxylation is 1. The molecular formula is C31H26ClFN2O6. The van der Waals surface area contributed by atoms with E-state index in [4.69, 9.17) is 21.4 Å². The average molecular weight is 577 g/mol. The Balaban J connectivity index is 1.78. The number of nitrogens with one attached hydrogen (secondary N) is 1. The van der Waals surface area contributed by atoms with Gasteiger partial charge in [-0.1, -0.05) is 41.9 Å². The van der Waals surface area contributed by atoms with Crippen LogP contribution in [-0.2, 0) is 11.2 Å². The molecule has 41 heavy (non-hydrogen) atoms. The molecule has 1 heterocycles. The Bertz CT molecular complexity index is 1670. The second-order valence-electron chi connectivity index (χ2n) is 9.25. The SMILES string of the molecule is COc1cn([C@@H](CCc2ccccc2)C(=O)Nc2ccc(C(=O)O)cc2)c(=O)cc1-c1c(C(C)=O)ccc(Cl)c1F. The van der Waals surface area contributed by atoms with Crippen LogP contribution in [0.15, 0.2) is 83.8 Å². The first-order valence-electron chi connectivity index (χ1n) is 12.6. The standard InChI is InChI=1S/C31H26ClFN2O6/c1-18(36)22-13-14-24(32)29(33)28(22)23-16-27(37)35(17-26(23)41-2)25(15-8-19-6-4-3-5-7-19)30(38)34-21-11-9-20(10-12-21)31(39)40/h3-7,9-14,16-17,25H,8,15H2,1-2H3,(H,34,38)(H,39,40)/t25-/m0/s1. The number of anilines is 1. The summed E-state index contributed by atoms with van der Waals surface area (Å²) in [5.41, 5.74) is 0.571. The van der Waals surface area contributed by atoms with Gasteiger partial charge in [-0.25, -0.2) is 9.18 Å². The predicted octanol–water partition coefficient (Wildman–Crippen LogP) is 6.03. The molecule has 0 radical (unpaired) electrons. The van der Waals surface area contributed by atoms with Gasteiger partial charge in [0.15, 0.2) is 5.78 Å². The number of aromatic nitrogens is 1. The van der Waals surface area contributed by atoms with E-state index in [1.54, 1.807) is 0 Å². The molecule has 2 N–H and O–H groups in total. The van der Waals surface area contributed by atoms with Gasteiger partial charge >= 0.3 is 5.97 Å². The van der Waals surface area contributed by atoms with Crippen molar-refractivity contribution in [2.24, 2.45) is 0 Å². The van der Waals surface area contributed by atoms with Crippen LogP contribution in [0.5, 0.6) is 5.75 Å². The summed E-state index contributed by atoms with van der Waals surface area (Å²) < 4.78 is 21.9. The summed E-state index contributed by atoms with van der Waals surface area (Å²) in [7, 11) is 1.33. The molecule has 0 bridgehead atoms. The predicted molar refractivity (Wildman–Crippen MR) is 153 cm³/mol. The van der Waals surface area contributed by atoms with Crippen molar-refractivity contribution in [1.82, 2.24) is 4.57 Å². The maximum absolute atomic E-state index is 15.2. The van der Waals surface area contributed by atoms with Crippen LogP contribution in [0.1, 0.15) is 45.7 Å². The molecule has 8 nitrogen and oxygen atoms in total. The lowest BCUT2D eigenvalue weighted by Gasteiger charge is -2.22. The zero-order chi connectivity index (χ0) is 29.7. The minimum absolute atomic E-state index is 0.0189. The second kappa shape index (κ2) is 12.6. The highest BCUT2D eigenvalue weighted by Crippen LogP contribution is 2.37. The van der Waals surface area contributed by atoms with Crippen molar-refractivity contribution in [2.75, 3.05) is 12.4 Å². The number of pyridine rings is 1. The van der Waals surface area contributed by atoms with E-state index in [0.717, 1.165) is 11.6 Å². The molecule has 0 unspecified atom stereocenters. The molecule has 1 amide bonds. The molecule has 0 fully saturated rings. The summed E-state index contributed by atoms with van der Waals surface area (Å²) in [5.74, 6) is -2.89. The number of nitrogens with zero attached hydrogens (tertiary/aromatic N) is 1. The van der Waals surface area contributed by atoms with E-state index >= 15 is 4.39 Å². The molecule has 1 atom stereocenters. The number of rotatable bonds is 10. The van der Waals surface area contributed by atoms with Gasteiger partial charge in [0.25, 0.3) is 5.56 Å². The maximum Gasteiger partial charge on any atom is 0.335 e. The fraction of sp³-hybridized carbons (Fsp3) is 0.161. The summed E-state index contributed by atoms with van der Waals surface area (Å²) in [5, 5.41) is 11.7. The van der Waals surface area contributed by atoms with Crippen LogP contribution in [-0.4, -0.2) is 34.4 Å². The number of benzene rings is 3. The lowest BCUT2D eigenvalue weighted by Crippen LogP contribution is -2.33. The number of aromatic carboxylic acids is 1. The van der Waals surface area contributed by atoms with Crippen molar-refractivity contribution in [2.45, 2.75) is 25.8 Å². The summed E-state index contributed by atoms with van der Waals surface area (Å²) >= 11 is 6.01. The van der Waals surface area contributed by atoms with Crippen LogP contribution in [0.4, 0.5) is 10.1 Å². The number of halogens is 2. The van der Waals surface area contributed by atoms with E-state index in [0.29, 0.717) is 12.1 Å². The van der Waals surface area contributed by atoms with E-state index in [1.807, 2.05) is 30.3 Å². The molecule has 4 rings (SSSR count). The molecule has 0 saturated carbocycles. The summed E-state index contributed by atoms with van der Waals surface area (Å²) in [4.78, 5) is 50.5. The van der Waals surface area contributed by atoms with E-state index in [-0.39, 0.29) is 39.4 Å². The largest absolute Gasteiger partial charge is 0.495 e. The fourth-order valence-electron chi connectivity index (χ4n) is 4.50. The average Bonchev–Trinajstić information content (AvgIpc) is 2.95. The molecule has 0 aliphatic heterocycles. The Morgan fingerprint density at radius 2 is 1.73 bits per heavy atom. The Hall–Kier alpha value is -4.76. The van der Waals surface area contributed by atoms with E-state index in [9.17, 15) is 19.2 Å². The molecule has 1 aromatic heterocycles. The maximum atomic E-state index is 15.2. The highest BCUT2D eigenvalue weighted by molar-refractivity contribution is 6.31. The van der Waals surface area contributed by atoms with Gasteiger partial charge in [0.1, 0.15) is 17.6 Å². The third kappa shape index (κ3) is 6.53. The number of ketones is 1. The Morgan fingerprint density at radius 3 is 2.34 bits per heavy atom. The lowest BCUT2D eigenvalue weighted by molar-refractivity contribution is -0.119. The molecule has 3 aromatic carbocycles. The van der Waals surface area contributed by atoms with Gasteiger partial charge in [-0.3, -0.25) is 19.0 Å². The number of Topliss-reactive ketones (excluding diaryl/α,β-unsaturated/α-hetero) is 1. The molecular weight excluding hydrogens is 551 g/mol. The van der Waals surface area contributed by atoms with Crippen LogP contribution in [0.2, 0.25) is 5.02 Å². The Kier molecular flexibility index (Phi) is 8.99. The number of hydrogen-bond donors (Lipinski definition) is 2. The van der Waals surface area contributed by atoms with E-state index in [1.165, 1.54) is 61.2 Å². The van der Waals surface area contributed by atoms with Crippen molar-refractivity contribution in [3.63, 3.8) is 0 Å². The molecule has 10 heteroatoms. The van der Waals surface area contributed by atoms with Crippen molar-refractivity contribution < 1.29 is 28.6 Å². The van der Waals surface area contributed by atoms with Gasteiger partial charge in [-0.2, -0.15) is 0 Å². The number of amides is 1. The number of carboxylic acids is 1. The first kappa shape index (κ1) is 29.2. The van der Waals surface area contributed by atoms with Gasteiger partial charge in [-0.15, -0.1) is 0 Å². The van der Waals surface area contributed by atoms with Crippen LogP contribution in [0.3, 0.4) is 0 Å². The topological polar surface area (TPSA) is 115 Å². The van der Waals surface area contributed by atoms with Crippen molar-refractivity contribution in [3.05, 3.63) is 117 Å². The number of methoxy groups -OCH3 is 1. The second-order valence-corrected chi connectivity index (χ2v) is 9.66. The third-order valence-electron chi connectivity index (χ3n) is 6.59. The molecule has 0 aliphatic carbocycles. The summed E-state index contributed by atoms with van der Waals surface area (Å²) in [6.07, 6.45) is 1.98. The van der Waals surface area contributed by atoms with E-state index < -0.39 is 35.1 Å². The number of ether oxygens (including phenoxy) is 1. The van der Waals surface area contributed by atoms with Gasteiger partial charge in [-0.05, 0) is 61.7 Å². The van der Waals surface area contributed by atoms with E-state index in [2.05, 4.69) is 5.32 Å². The number of carbonyl (C=O) groups excluding carboxylic acids is 2. The normalized spacial score (nSPS) is 11.5. The third-order valence-corrected chi connectivity index (χ3v) is 6.89.